The van der Waals surface area contributed by atoms with Crippen LogP contribution < -0.4 is 10.6 Å². The SMILES string of the molecule is CC[C@@H](C=O)NC(=O)[C@@H]1C[C@@H](OCc2ccccc2)CN1C(=O)[C@@H](NC(=O)C1(c2ccccc2)CC1)C(C)C. The summed E-state index contributed by atoms with van der Waals surface area (Å²) in [4.78, 5) is 53.7. The molecule has 0 unspecified atom stereocenters. The summed E-state index contributed by atoms with van der Waals surface area (Å²) >= 11 is 0. The minimum Gasteiger partial charge on any atom is -0.372 e. The van der Waals surface area contributed by atoms with Crippen LogP contribution in [0.15, 0.2) is 60.7 Å². The van der Waals surface area contributed by atoms with E-state index >= 15 is 0 Å². The number of likely N-dealkylation sites (tertiary alicyclic amines) is 1. The summed E-state index contributed by atoms with van der Waals surface area (Å²) in [5.41, 5.74) is 1.33. The molecule has 8 heteroatoms. The Morgan fingerprint density at radius 3 is 2.23 bits per heavy atom. The van der Waals surface area contributed by atoms with Crippen molar-refractivity contribution in [1.82, 2.24) is 15.5 Å². The zero-order valence-corrected chi connectivity index (χ0v) is 23.0. The van der Waals surface area contributed by atoms with E-state index in [1.807, 2.05) is 81.4 Å². The molecule has 8 nitrogen and oxygen atoms in total. The number of rotatable bonds is 12. The molecule has 1 heterocycles. The van der Waals surface area contributed by atoms with Gasteiger partial charge in [-0.25, -0.2) is 0 Å². The summed E-state index contributed by atoms with van der Waals surface area (Å²) in [6.45, 7) is 6.17. The van der Waals surface area contributed by atoms with Crippen LogP contribution in [0.4, 0.5) is 0 Å². The Hall–Kier alpha value is -3.52. The Kier molecular flexibility index (Phi) is 9.17. The molecule has 3 amide bonds. The largest absolute Gasteiger partial charge is 0.372 e. The van der Waals surface area contributed by atoms with Crippen molar-refractivity contribution in [2.24, 2.45) is 5.92 Å². The fraction of sp³-hybridized carbons (Fsp3) is 0.484. The van der Waals surface area contributed by atoms with Gasteiger partial charge in [0.05, 0.1) is 24.2 Å². The third kappa shape index (κ3) is 6.56. The quantitative estimate of drug-likeness (QED) is 0.408. The van der Waals surface area contributed by atoms with Gasteiger partial charge in [0.25, 0.3) is 0 Å². The first-order valence-corrected chi connectivity index (χ1v) is 13.9. The lowest BCUT2D eigenvalue weighted by Gasteiger charge is -2.31. The number of carbonyl (C=O) groups is 4. The van der Waals surface area contributed by atoms with Gasteiger partial charge in [0.1, 0.15) is 18.4 Å². The fourth-order valence-corrected chi connectivity index (χ4v) is 5.21. The molecule has 2 aliphatic rings. The highest BCUT2D eigenvalue weighted by Crippen LogP contribution is 2.48. The van der Waals surface area contributed by atoms with Crippen LogP contribution in [0.25, 0.3) is 0 Å². The van der Waals surface area contributed by atoms with Crippen molar-refractivity contribution >= 4 is 24.0 Å². The fourth-order valence-electron chi connectivity index (χ4n) is 5.21. The van der Waals surface area contributed by atoms with Crippen LogP contribution in [0.1, 0.15) is 57.6 Å². The Labute approximate surface area is 230 Å². The van der Waals surface area contributed by atoms with Crippen molar-refractivity contribution < 1.29 is 23.9 Å². The maximum Gasteiger partial charge on any atom is 0.246 e. The molecule has 1 saturated heterocycles. The van der Waals surface area contributed by atoms with Crippen LogP contribution in [0, 0.1) is 5.92 Å². The molecular formula is C31H39N3O5. The van der Waals surface area contributed by atoms with E-state index in [0.717, 1.165) is 24.0 Å². The normalized spacial score (nSPS) is 21.2. The van der Waals surface area contributed by atoms with Gasteiger partial charge in [-0.3, -0.25) is 14.4 Å². The predicted octanol–water partition coefficient (Wildman–Crippen LogP) is 3.14. The van der Waals surface area contributed by atoms with Crippen molar-refractivity contribution in [2.45, 2.75) is 82.7 Å². The third-order valence-electron chi connectivity index (χ3n) is 7.84. The number of aldehydes is 1. The van der Waals surface area contributed by atoms with Crippen LogP contribution in [-0.2, 0) is 35.9 Å². The molecular weight excluding hydrogens is 494 g/mol. The average Bonchev–Trinajstić information content (AvgIpc) is 3.66. The summed E-state index contributed by atoms with van der Waals surface area (Å²) in [5.74, 6) is -1.05. The molecule has 39 heavy (non-hydrogen) atoms. The zero-order valence-electron chi connectivity index (χ0n) is 23.0. The van der Waals surface area contributed by atoms with Gasteiger partial charge in [-0.05, 0) is 36.3 Å². The van der Waals surface area contributed by atoms with Crippen molar-refractivity contribution in [3.63, 3.8) is 0 Å². The second-order valence-electron chi connectivity index (χ2n) is 11.0. The smallest absolute Gasteiger partial charge is 0.246 e. The Bertz CT molecular complexity index is 1150. The lowest BCUT2D eigenvalue weighted by atomic mass is 9.93. The van der Waals surface area contributed by atoms with E-state index in [4.69, 9.17) is 4.74 Å². The molecule has 2 aromatic carbocycles. The second-order valence-corrected chi connectivity index (χ2v) is 11.0. The number of hydrogen-bond acceptors (Lipinski definition) is 5. The maximum atomic E-state index is 14.0. The monoisotopic (exact) mass is 533 g/mol. The van der Waals surface area contributed by atoms with E-state index in [9.17, 15) is 19.2 Å². The van der Waals surface area contributed by atoms with Crippen LogP contribution in [0.3, 0.4) is 0 Å². The summed E-state index contributed by atoms with van der Waals surface area (Å²) in [7, 11) is 0. The van der Waals surface area contributed by atoms with E-state index < -0.39 is 23.5 Å². The summed E-state index contributed by atoms with van der Waals surface area (Å²) < 4.78 is 6.12. The molecule has 0 spiro atoms. The molecule has 2 N–H and O–H groups in total. The Morgan fingerprint density at radius 1 is 1.03 bits per heavy atom. The van der Waals surface area contributed by atoms with E-state index in [-0.39, 0.29) is 36.3 Å². The lowest BCUT2D eigenvalue weighted by molar-refractivity contribution is -0.143. The van der Waals surface area contributed by atoms with Crippen LogP contribution in [-0.4, -0.2) is 59.7 Å². The molecule has 1 aliphatic carbocycles. The van der Waals surface area contributed by atoms with Crippen LogP contribution >= 0.6 is 0 Å². The minimum absolute atomic E-state index is 0.162. The Balaban J connectivity index is 1.51. The minimum atomic E-state index is -0.797. The molecule has 208 valence electrons. The average molecular weight is 534 g/mol. The highest BCUT2D eigenvalue weighted by atomic mass is 16.5. The van der Waals surface area contributed by atoms with E-state index in [1.165, 1.54) is 4.90 Å². The van der Waals surface area contributed by atoms with E-state index in [0.29, 0.717) is 25.7 Å². The first kappa shape index (κ1) is 28.5. The van der Waals surface area contributed by atoms with Crippen LogP contribution in [0.2, 0.25) is 0 Å². The number of ether oxygens (including phenoxy) is 1. The van der Waals surface area contributed by atoms with Crippen LogP contribution in [0.5, 0.6) is 0 Å². The molecule has 0 radical (unpaired) electrons. The predicted molar refractivity (Wildman–Crippen MR) is 148 cm³/mol. The first-order chi connectivity index (χ1) is 18.8. The number of nitrogens with zero attached hydrogens (tertiary/aromatic N) is 1. The zero-order chi connectivity index (χ0) is 28.0. The van der Waals surface area contributed by atoms with Gasteiger partial charge >= 0.3 is 0 Å². The lowest BCUT2D eigenvalue weighted by Crippen LogP contribution is -2.57. The molecule has 2 aromatic rings. The second kappa shape index (κ2) is 12.6. The molecule has 1 saturated carbocycles. The number of hydrogen-bond donors (Lipinski definition) is 2. The number of nitrogens with one attached hydrogen (secondary N) is 2. The van der Waals surface area contributed by atoms with Gasteiger partial charge in [-0.15, -0.1) is 0 Å². The molecule has 0 aromatic heterocycles. The number of carbonyl (C=O) groups excluding carboxylic acids is 4. The molecule has 4 atom stereocenters. The first-order valence-electron chi connectivity index (χ1n) is 13.9. The molecule has 4 rings (SSSR count). The van der Waals surface area contributed by atoms with Gasteiger partial charge in [0.2, 0.25) is 17.7 Å². The van der Waals surface area contributed by atoms with Crippen molar-refractivity contribution in [3.8, 4) is 0 Å². The highest BCUT2D eigenvalue weighted by molar-refractivity contribution is 5.97. The summed E-state index contributed by atoms with van der Waals surface area (Å²) in [6.07, 6.45) is 2.58. The molecule has 2 fully saturated rings. The van der Waals surface area contributed by atoms with E-state index in [1.54, 1.807) is 0 Å². The topological polar surface area (TPSA) is 105 Å². The maximum absolute atomic E-state index is 14.0. The van der Waals surface area contributed by atoms with Crippen molar-refractivity contribution in [3.05, 3.63) is 71.8 Å². The molecule has 1 aliphatic heterocycles. The summed E-state index contributed by atoms with van der Waals surface area (Å²) in [6, 6.07) is 17.1. The highest BCUT2D eigenvalue weighted by Gasteiger charge is 2.52. The molecule has 0 bridgehead atoms. The summed E-state index contributed by atoms with van der Waals surface area (Å²) in [5, 5.41) is 5.79. The van der Waals surface area contributed by atoms with Gasteiger partial charge < -0.3 is 25.1 Å². The van der Waals surface area contributed by atoms with Gasteiger partial charge in [0, 0.05) is 13.0 Å². The Morgan fingerprint density at radius 2 is 1.67 bits per heavy atom. The van der Waals surface area contributed by atoms with Crippen molar-refractivity contribution in [2.75, 3.05) is 6.54 Å². The van der Waals surface area contributed by atoms with Gasteiger partial charge in [0.15, 0.2) is 0 Å². The third-order valence-corrected chi connectivity index (χ3v) is 7.84. The van der Waals surface area contributed by atoms with Gasteiger partial charge in [-0.1, -0.05) is 81.4 Å². The standard InChI is InChI=1S/C31H39N3O5/c1-4-24(19-35)32-28(36)26-17-25(39-20-22-11-7-5-8-12-22)18-34(26)29(37)27(21(2)3)33-30(38)31(15-16-31)23-13-9-6-10-14-23/h5-14,19,21,24-27H,4,15-18,20H2,1-3H3,(H,32,36)(H,33,38)/t24-,25+,26-,27-/m0/s1. The van der Waals surface area contributed by atoms with E-state index in [2.05, 4.69) is 10.6 Å². The number of benzene rings is 2. The number of amides is 3. The van der Waals surface area contributed by atoms with Crippen molar-refractivity contribution in [1.29, 1.82) is 0 Å². The van der Waals surface area contributed by atoms with Gasteiger partial charge in [-0.2, -0.15) is 0 Å².